The number of quaternary nitrogens is 1. The Hall–Kier alpha value is -2.52. The maximum Gasteiger partial charge on any atom is 0.272 e. The van der Waals surface area contributed by atoms with E-state index in [1.165, 1.54) is 12.1 Å². The van der Waals surface area contributed by atoms with Crippen molar-refractivity contribution in [1.82, 2.24) is 9.97 Å². The van der Waals surface area contributed by atoms with E-state index in [-0.39, 0.29) is 17.3 Å². The van der Waals surface area contributed by atoms with E-state index in [1.807, 2.05) is 36.5 Å². The third-order valence-corrected chi connectivity index (χ3v) is 5.07. The molecule has 0 aliphatic carbocycles. The molecule has 0 bridgehead atoms. The fraction of sp³-hybridized carbons (Fsp3) is 0.111. The molecule has 0 unspecified atom stereocenters. The molecule has 0 atom stereocenters. The van der Waals surface area contributed by atoms with Crippen LogP contribution in [0.15, 0.2) is 57.8 Å². The van der Waals surface area contributed by atoms with Gasteiger partial charge in [0.05, 0.1) is 4.90 Å². The summed E-state index contributed by atoms with van der Waals surface area (Å²) < 4.78 is 28.6. The molecule has 0 radical (unpaired) electrons. The molecule has 4 N–H and O–H groups in total. The lowest BCUT2D eigenvalue weighted by molar-refractivity contribution is -0.591. The van der Waals surface area contributed by atoms with Gasteiger partial charge in [0.15, 0.2) is 0 Å². The summed E-state index contributed by atoms with van der Waals surface area (Å²) >= 11 is 0. The molecule has 7 nitrogen and oxygen atoms in total. The smallest absolute Gasteiger partial charge is 0.272 e. The highest BCUT2D eigenvalue weighted by Gasteiger charge is 2.17. The van der Waals surface area contributed by atoms with Crippen LogP contribution in [0.3, 0.4) is 0 Å². The van der Waals surface area contributed by atoms with Crippen molar-refractivity contribution >= 4 is 37.9 Å². The van der Waals surface area contributed by atoms with Gasteiger partial charge in [-0.15, -0.1) is 0 Å². The van der Waals surface area contributed by atoms with Gasteiger partial charge in [0.1, 0.15) is 23.5 Å². The van der Waals surface area contributed by atoms with E-state index in [9.17, 15) is 8.42 Å². The summed E-state index contributed by atoms with van der Waals surface area (Å²) in [5.74, 6) is 1.39. The summed E-state index contributed by atoms with van der Waals surface area (Å²) in [6.45, 7) is 2.42. The Balaban J connectivity index is 0.00000210. The van der Waals surface area contributed by atoms with Crippen LogP contribution < -0.4 is 22.9 Å². The van der Waals surface area contributed by atoms with Crippen LogP contribution in [0, 0.1) is 6.92 Å². The first-order valence-corrected chi connectivity index (χ1v) is 9.57. The molecule has 0 fully saturated rings. The summed E-state index contributed by atoms with van der Waals surface area (Å²) in [5.41, 5.74) is 3.16. The van der Waals surface area contributed by atoms with Crippen molar-refractivity contribution < 1.29 is 30.6 Å². The summed E-state index contributed by atoms with van der Waals surface area (Å²) in [4.78, 5) is 9.10. The van der Waals surface area contributed by atoms with Crippen molar-refractivity contribution in [2.45, 2.75) is 18.4 Å². The number of aryl methyl sites for hydroxylation is 1. The van der Waals surface area contributed by atoms with Gasteiger partial charge in [-0.3, -0.25) is 5.32 Å². The van der Waals surface area contributed by atoms with E-state index in [0.29, 0.717) is 18.0 Å². The van der Waals surface area contributed by atoms with Crippen molar-refractivity contribution in [2.75, 3.05) is 0 Å². The molecule has 2 heterocycles. The third-order valence-electron chi connectivity index (χ3n) is 4.14. The Bertz CT molecular complexity index is 1220. The second-order valence-electron chi connectivity index (χ2n) is 6.03. The molecule has 4 rings (SSSR count). The summed E-state index contributed by atoms with van der Waals surface area (Å²) in [6.07, 6.45) is 0. The van der Waals surface area contributed by atoms with Crippen molar-refractivity contribution in [3.05, 3.63) is 59.9 Å². The number of benzene rings is 2. The van der Waals surface area contributed by atoms with Gasteiger partial charge in [-0.2, -0.15) is 4.98 Å². The van der Waals surface area contributed by atoms with Gasteiger partial charge in [-0.1, -0.05) is 24.3 Å². The zero-order valence-electron chi connectivity index (χ0n) is 14.4. The van der Waals surface area contributed by atoms with Crippen LogP contribution in [0.25, 0.3) is 22.1 Å². The van der Waals surface area contributed by atoms with Crippen LogP contribution in [-0.2, 0) is 16.6 Å². The molecule has 140 valence electrons. The standard InChI is InChI=1S/C18H16N4O3S.ClH/c1-11-21-16-14-4-2-3-5-15(14)25-17(16)18(22-11)20-10-12-6-8-13(9-7-12)26(19,23)24;/h2-9H,10H2,1H3,(H2,19,23,24)(H,20,21,22);1H. The van der Waals surface area contributed by atoms with Crippen LogP contribution in [0.4, 0.5) is 5.82 Å². The lowest BCUT2D eigenvalue weighted by Gasteiger charge is -2.03. The minimum absolute atomic E-state index is 0. The molecule has 0 amide bonds. The van der Waals surface area contributed by atoms with Gasteiger partial charge < -0.3 is 16.8 Å². The summed E-state index contributed by atoms with van der Waals surface area (Å²) in [6, 6.07) is 14.2. The van der Waals surface area contributed by atoms with Gasteiger partial charge in [0.2, 0.25) is 15.6 Å². The normalized spacial score (nSPS) is 11.6. The van der Waals surface area contributed by atoms with E-state index in [1.54, 1.807) is 12.1 Å². The number of nitrogens with two attached hydrogens (primary N) is 2. The lowest BCUT2D eigenvalue weighted by Crippen LogP contribution is -3.00. The van der Waals surface area contributed by atoms with Crippen molar-refractivity contribution in [3.63, 3.8) is 0 Å². The zero-order chi connectivity index (χ0) is 18.3. The van der Waals surface area contributed by atoms with Crippen molar-refractivity contribution in [2.24, 2.45) is 5.14 Å². The van der Waals surface area contributed by atoms with E-state index >= 15 is 0 Å². The molecule has 0 aliphatic rings. The van der Waals surface area contributed by atoms with Crippen LogP contribution in [0.5, 0.6) is 0 Å². The maximum absolute atomic E-state index is 11.3. The highest BCUT2D eigenvalue weighted by molar-refractivity contribution is 7.89. The van der Waals surface area contributed by atoms with Crippen LogP contribution >= 0.6 is 0 Å². The van der Waals surface area contributed by atoms with Crippen molar-refractivity contribution in [1.29, 1.82) is 0 Å². The number of furan rings is 1. The highest BCUT2D eigenvalue weighted by atomic mass is 35.5. The fourth-order valence-electron chi connectivity index (χ4n) is 2.90. The van der Waals surface area contributed by atoms with Gasteiger partial charge in [-0.25, -0.2) is 18.5 Å². The number of nitrogens with zero attached hydrogens (tertiary/aromatic N) is 2. The van der Waals surface area contributed by atoms with Crippen molar-refractivity contribution in [3.8, 4) is 0 Å². The number of para-hydroxylation sites is 1. The quantitative estimate of drug-likeness (QED) is 0.440. The predicted octanol–water partition coefficient (Wildman–Crippen LogP) is -1.27. The number of aromatic nitrogens is 2. The van der Waals surface area contributed by atoms with E-state index in [4.69, 9.17) is 9.56 Å². The van der Waals surface area contributed by atoms with Crippen LogP contribution in [-0.4, -0.2) is 18.4 Å². The molecule has 27 heavy (non-hydrogen) atoms. The van der Waals surface area contributed by atoms with Crippen LogP contribution in [0.2, 0.25) is 0 Å². The average Bonchev–Trinajstić information content (AvgIpc) is 2.98. The molecule has 0 saturated heterocycles. The first-order valence-electron chi connectivity index (χ1n) is 8.03. The third kappa shape index (κ3) is 3.79. The van der Waals surface area contributed by atoms with Gasteiger partial charge >= 0.3 is 0 Å². The maximum atomic E-state index is 11.3. The number of rotatable bonds is 4. The number of sulfonamides is 1. The molecule has 0 spiro atoms. The zero-order valence-corrected chi connectivity index (χ0v) is 16.0. The molecule has 2 aromatic carbocycles. The Morgan fingerprint density at radius 3 is 2.48 bits per heavy atom. The van der Waals surface area contributed by atoms with Gasteiger partial charge in [-0.05, 0) is 31.2 Å². The molecular formula is C18H17ClN4O3S. The first-order chi connectivity index (χ1) is 12.4. The van der Waals surface area contributed by atoms with Gasteiger partial charge in [0, 0.05) is 10.9 Å². The SMILES string of the molecule is Cc1nc([NH2+]Cc2ccc(S(N)(=O)=O)cc2)c2oc3ccccc3c2n1.[Cl-]. The van der Waals surface area contributed by atoms with E-state index in [2.05, 4.69) is 9.97 Å². The first kappa shape index (κ1) is 19.2. The molecular weight excluding hydrogens is 388 g/mol. The number of primary sulfonamides is 1. The van der Waals surface area contributed by atoms with E-state index < -0.39 is 10.0 Å². The average molecular weight is 405 g/mol. The minimum atomic E-state index is -3.68. The molecule has 9 heteroatoms. The monoisotopic (exact) mass is 404 g/mol. The summed E-state index contributed by atoms with van der Waals surface area (Å²) in [7, 11) is -3.68. The largest absolute Gasteiger partial charge is 1.00 e. The molecule has 2 aromatic heterocycles. The van der Waals surface area contributed by atoms with Crippen LogP contribution in [0.1, 0.15) is 11.4 Å². The highest BCUT2D eigenvalue weighted by Crippen LogP contribution is 2.29. The topological polar surface area (TPSA) is 116 Å². The fourth-order valence-corrected chi connectivity index (χ4v) is 3.41. The predicted molar refractivity (Wildman–Crippen MR) is 97.2 cm³/mol. The second-order valence-corrected chi connectivity index (χ2v) is 7.59. The molecule has 0 aliphatic heterocycles. The van der Waals surface area contributed by atoms with E-state index in [0.717, 1.165) is 27.9 Å². The summed E-state index contributed by atoms with van der Waals surface area (Å²) in [5, 5.41) is 8.03. The number of hydrogen-bond donors (Lipinski definition) is 2. The Labute approximate surface area is 162 Å². The number of halogens is 1. The Morgan fingerprint density at radius 2 is 1.78 bits per heavy atom. The lowest BCUT2D eigenvalue weighted by atomic mass is 10.2. The molecule has 0 saturated carbocycles. The second kappa shape index (κ2) is 7.24. The number of fused-ring (bicyclic) bond motifs is 3. The minimum Gasteiger partial charge on any atom is -1.00 e. The molecule has 4 aromatic rings. The number of hydrogen-bond acceptors (Lipinski definition) is 5. The Kier molecular flexibility index (Phi) is 5.16. The Morgan fingerprint density at radius 1 is 1.07 bits per heavy atom. The van der Waals surface area contributed by atoms with Gasteiger partial charge in [0.25, 0.3) is 5.82 Å².